The lowest BCUT2D eigenvalue weighted by molar-refractivity contribution is -0.138. The number of benzene rings is 2. The monoisotopic (exact) mass is 893 g/mol. The van der Waals surface area contributed by atoms with Gasteiger partial charge in [0.1, 0.15) is 34.3 Å². The number of ether oxygens (including phenoxy) is 2. The Labute approximate surface area is 372 Å². The van der Waals surface area contributed by atoms with Crippen molar-refractivity contribution in [1.29, 1.82) is 0 Å². The first kappa shape index (κ1) is 46.5. The first-order valence-electron chi connectivity index (χ1n) is 20.7. The molecule has 6 rings (SSSR count). The van der Waals surface area contributed by atoms with Gasteiger partial charge in [-0.25, -0.2) is 9.97 Å². The second-order valence-corrected chi connectivity index (χ2v) is 15.0. The number of methoxy groups -OCH3 is 1. The molecular formula is C43H51N13O9. The SMILES string of the molecule is CCn1nc(C)cc1C(=O)Nc1nc2cc(C(N)=O)cc(OC)c2n1C/C=C/Cn1c(NC)nc2cc(C(N)=O)cc(OCCCN(C)C(=O)C(C)NC(=O)CCN3C(=O)C=CC3=O)c21. The van der Waals surface area contributed by atoms with Crippen LogP contribution in [0.5, 0.6) is 11.5 Å². The number of nitrogens with two attached hydrogens (primary N) is 2. The normalized spacial score (nSPS) is 12.9. The largest absolute Gasteiger partial charge is 0.494 e. The first-order chi connectivity index (χ1) is 31.0. The maximum absolute atomic E-state index is 13.6. The molecule has 0 fully saturated rings. The molecule has 1 aliphatic rings. The highest BCUT2D eigenvalue weighted by molar-refractivity contribution is 6.13. The number of primary amides is 2. The Morgan fingerprint density at radius 2 is 1.46 bits per heavy atom. The third-order valence-electron chi connectivity index (χ3n) is 10.5. The lowest BCUT2D eigenvalue weighted by Gasteiger charge is -2.22. The molecule has 7 amide bonds. The molecule has 4 heterocycles. The number of aryl methyl sites for hydroxylation is 2. The van der Waals surface area contributed by atoms with Crippen LogP contribution in [0.4, 0.5) is 11.9 Å². The van der Waals surface area contributed by atoms with E-state index in [2.05, 4.69) is 31.0 Å². The van der Waals surface area contributed by atoms with E-state index >= 15 is 0 Å². The fourth-order valence-corrected chi connectivity index (χ4v) is 7.31. The van der Waals surface area contributed by atoms with Crippen LogP contribution in [-0.4, -0.2) is 127 Å². The molecule has 0 aliphatic carbocycles. The van der Waals surface area contributed by atoms with Gasteiger partial charge < -0.3 is 45.6 Å². The predicted octanol–water partition coefficient (Wildman–Crippen LogP) is 1.71. The van der Waals surface area contributed by atoms with Gasteiger partial charge in [-0.05, 0) is 57.5 Å². The van der Waals surface area contributed by atoms with Crippen molar-refractivity contribution < 1.29 is 43.0 Å². The number of imidazole rings is 2. The quantitative estimate of drug-likeness (QED) is 0.0399. The van der Waals surface area contributed by atoms with Crippen LogP contribution in [0.1, 0.15) is 63.6 Å². The number of amides is 7. The van der Waals surface area contributed by atoms with Gasteiger partial charge in [0.05, 0.1) is 30.4 Å². The minimum absolute atomic E-state index is 0.102. The molecule has 3 aromatic heterocycles. The number of carbonyl (C=O) groups excluding carboxylic acids is 7. The van der Waals surface area contributed by atoms with E-state index in [4.69, 9.17) is 20.9 Å². The minimum Gasteiger partial charge on any atom is -0.494 e. The second-order valence-electron chi connectivity index (χ2n) is 15.0. The molecule has 22 heteroatoms. The molecule has 0 spiro atoms. The Bertz CT molecular complexity index is 2750. The van der Waals surface area contributed by atoms with Crippen LogP contribution in [-0.2, 0) is 38.8 Å². The third-order valence-corrected chi connectivity index (χ3v) is 10.5. The van der Waals surface area contributed by atoms with E-state index in [1.165, 1.54) is 30.2 Å². The lowest BCUT2D eigenvalue weighted by Crippen LogP contribution is -2.46. The lowest BCUT2D eigenvalue weighted by atomic mass is 10.1. The Morgan fingerprint density at radius 3 is 2.05 bits per heavy atom. The number of carbonyl (C=O) groups is 7. The smallest absolute Gasteiger partial charge is 0.276 e. The van der Waals surface area contributed by atoms with Crippen LogP contribution in [0, 0.1) is 6.92 Å². The number of hydrogen-bond donors (Lipinski definition) is 5. The molecule has 65 heavy (non-hydrogen) atoms. The maximum Gasteiger partial charge on any atom is 0.276 e. The Morgan fingerprint density at radius 1 is 0.877 bits per heavy atom. The van der Waals surface area contributed by atoms with E-state index in [1.54, 1.807) is 49.3 Å². The molecule has 342 valence electrons. The van der Waals surface area contributed by atoms with Gasteiger partial charge in [0.25, 0.3) is 17.7 Å². The summed E-state index contributed by atoms with van der Waals surface area (Å²) in [5, 5.41) is 13.0. The van der Waals surface area contributed by atoms with Crippen molar-refractivity contribution in [2.24, 2.45) is 11.5 Å². The van der Waals surface area contributed by atoms with Crippen LogP contribution in [0.25, 0.3) is 22.1 Å². The topological polar surface area (TPSA) is 286 Å². The van der Waals surface area contributed by atoms with E-state index in [0.717, 1.165) is 17.1 Å². The molecule has 22 nitrogen and oxygen atoms in total. The highest BCUT2D eigenvalue weighted by Crippen LogP contribution is 2.33. The fraction of sp³-hybridized carbons (Fsp3) is 0.349. The minimum atomic E-state index is -0.874. The van der Waals surface area contributed by atoms with E-state index in [1.807, 2.05) is 23.6 Å². The number of fused-ring (bicyclic) bond motifs is 2. The van der Waals surface area contributed by atoms with Crippen molar-refractivity contribution in [3.8, 4) is 11.5 Å². The van der Waals surface area contributed by atoms with E-state index < -0.39 is 41.5 Å². The number of allylic oxidation sites excluding steroid dienone is 2. The summed E-state index contributed by atoms with van der Waals surface area (Å²) in [5.74, 6) is -2.36. The first-order valence-corrected chi connectivity index (χ1v) is 20.7. The molecule has 0 bridgehead atoms. The zero-order chi connectivity index (χ0) is 47.1. The molecule has 0 saturated carbocycles. The van der Waals surface area contributed by atoms with Gasteiger partial charge in [0.2, 0.25) is 35.5 Å². The summed E-state index contributed by atoms with van der Waals surface area (Å²) in [6, 6.07) is 6.94. The van der Waals surface area contributed by atoms with Crippen LogP contribution in [0.3, 0.4) is 0 Å². The summed E-state index contributed by atoms with van der Waals surface area (Å²) >= 11 is 0. The van der Waals surface area contributed by atoms with Crippen LogP contribution in [0.15, 0.2) is 54.6 Å². The number of anilines is 2. The van der Waals surface area contributed by atoms with E-state index in [0.29, 0.717) is 63.9 Å². The standard InChI is InChI=1S/C43H51N13O9/c1-7-56-30(19-24(2)51-56)40(62)50-43-49-28-20-26(38(44)60)22-31(64-6)36(28)55(43)16-9-8-15-54-37-29(48-42(54)46-4)21-27(39(45)61)23-32(37)65-18-10-14-52(5)41(63)25(3)47-33(57)13-17-53-34(58)11-12-35(53)59/h8-9,11-12,19-23,25H,7,10,13-18H2,1-6H3,(H2,44,60)(H2,45,61)(H,46,48)(H,47,57)(H,49,50,62)/b9-8+. The van der Waals surface area contributed by atoms with Gasteiger partial charge in [-0.15, -0.1) is 0 Å². The van der Waals surface area contributed by atoms with Crippen molar-refractivity contribution >= 4 is 75.3 Å². The van der Waals surface area contributed by atoms with Gasteiger partial charge in [-0.2, -0.15) is 5.10 Å². The third kappa shape index (κ3) is 10.3. The Kier molecular flexibility index (Phi) is 14.3. The average molecular weight is 894 g/mol. The summed E-state index contributed by atoms with van der Waals surface area (Å²) in [5.41, 5.74) is 14.5. The second kappa shape index (κ2) is 20.0. The summed E-state index contributed by atoms with van der Waals surface area (Å²) in [7, 11) is 4.74. The van der Waals surface area contributed by atoms with Crippen molar-refractivity contribution in [3.05, 3.63) is 77.2 Å². The highest BCUT2D eigenvalue weighted by atomic mass is 16.5. The fourth-order valence-electron chi connectivity index (χ4n) is 7.31. The van der Waals surface area contributed by atoms with E-state index in [-0.39, 0.29) is 62.2 Å². The number of likely N-dealkylation sites (N-methyl/N-ethyl adjacent to an activating group) is 1. The zero-order valence-corrected chi connectivity index (χ0v) is 36.8. The molecule has 1 unspecified atom stereocenters. The summed E-state index contributed by atoms with van der Waals surface area (Å²) < 4.78 is 17.1. The molecule has 7 N–H and O–H groups in total. The molecule has 5 aromatic rings. The molecule has 1 atom stereocenters. The van der Waals surface area contributed by atoms with Crippen molar-refractivity contribution in [2.75, 3.05) is 51.5 Å². The zero-order valence-electron chi connectivity index (χ0n) is 36.8. The average Bonchev–Trinajstić information content (AvgIpc) is 4.03. The summed E-state index contributed by atoms with van der Waals surface area (Å²) in [6.07, 6.45) is 6.21. The van der Waals surface area contributed by atoms with Crippen molar-refractivity contribution in [2.45, 2.75) is 59.3 Å². The van der Waals surface area contributed by atoms with Gasteiger partial charge in [-0.3, -0.25) is 48.5 Å². The Hall–Kier alpha value is -8.04. The van der Waals surface area contributed by atoms with Crippen molar-refractivity contribution in [3.63, 3.8) is 0 Å². The van der Waals surface area contributed by atoms with Crippen LogP contribution >= 0.6 is 0 Å². The van der Waals surface area contributed by atoms with Gasteiger partial charge in [0.15, 0.2) is 0 Å². The van der Waals surface area contributed by atoms with Gasteiger partial charge in [0, 0.05) is 76.5 Å². The van der Waals surface area contributed by atoms with Crippen molar-refractivity contribution in [1.82, 2.24) is 44.0 Å². The number of nitrogens with zero attached hydrogens (tertiary/aromatic N) is 8. The van der Waals surface area contributed by atoms with E-state index in [9.17, 15) is 33.6 Å². The predicted molar refractivity (Wildman–Crippen MR) is 238 cm³/mol. The highest BCUT2D eigenvalue weighted by Gasteiger charge is 2.26. The molecule has 2 aromatic carbocycles. The summed E-state index contributed by atoms with van der Waals surface area (Å²) in [6.45, 7) is 6.40. The van der Waals surface area contributed by atoms with Gasteiger partial charge in [-0.1, -0.05) is 12.2 Å². The number of rotatable bonds is 21. The van der Waals surface area contributed by atoms with Crippen LogP contribution in [0.2, 0.25) is 0 Å². The molecule has 1 aliphatic heterocycles. The number of hydrogen-bond acceptors (Lipinski definition) is 13. The summed E-state index contributed by atoms with van der Waals surface area (Å²) in [4.78, 5) is 99.0. The maximum atomic E-state index is 13.6. The number of aromatic nitrogens is 6. The Balaban J connectivity index is 1.17. The molecule has 0 radical (unpaired) electrons. The molecule has 0 saturated heterocycles. The number of nitrogens with one attached hydrogen (secondary N) is 3. The van der Waals surface area contributed by atoms with Gasteiger partial charge >= 0.3 is 0 Å². The number of imide groups is 1. The van der Waals surface area contributed by atoms with Crippen LogP contribution < -0.4 is 36.9 Å². The molecular weight excluding hydrogens is 843 g/mol.